The van der Waals surface area contributed by atoms with Crippen molar-refractivity contribution in [3.63, 3.8) is 0 Å². The molecule has 5 nitrogen and oxygen atoms in total. The van der Waals surface area contributed by atoms with Gasteiger partial charge in [0.05, 0.1) is 5.70 Å². The van der Waals surface area contributed by atoms with E-state index in [0.717, 1.165) is 17.7 Å². The van der Waals surface area contributed by atoms with E-state index >= 15 is 0 Å². The zero-order valence-electron chi connectivity index (χ0n) is 10.4. The van der Waals surface area contributed by atoms with Crippen molar-refractivity contribution in [2.45, 2.75) is 13.0 Å². The second-order valence-electron chi connectivity index (χ2n) is 3.97. The van der Waals surface area contributed by atoms with E-state index in [1.54, 1.807) is 12.3 Å². The van der Waals surface area contributed by atoms with Crippen molar-refractivity contribution in [3.05, 3.63) is 53.9 Å². The molecule has 0 unspecified atom stereocenters. The van der Waals surface area contributed by atoms with Gasteiger partial charge in [-0.2, -0.15) is 0 Å². The van der Waals surface area contributed by atoms with E-state index in [2.05, 4.69) is 10.3 Å². The molecule has 1 aliphatic rings. The first kappa shape index (κ1) is 12.9. The van der Waals surface area contributed by atoms with Gasteiger partial charge in [-0.1, -0.05) is 24.3 Å². The Kier molecular flexibility index (Phi) is 4.34. The summed E-state index contributed by atoms with van der Waals surface area (Å²) in [5, 5.41) is 2.59. The van der Waals surface area contributed by atoms with Crippen LogP contribution in [0.25, 0.3) is 0 Å². The predicted molar refractivity (Wildman–Crippen MR) is 74.4 cm³/mol. The van der Waals surface area contributed by atoms with Crippen LogP contribution in [0.4, 0.5) is 5.69 Å². The van der Waals surface area contributed by atoms with Gasteiger partial charge >= 0.3 is 0 Å². The highest BCUT2D eigenvalue weighted by Gasteiger charge is 2.06. The highest BCUT2D eigenvalue weighted by atomic mass is 16.5. The monoisotopic (exact) mass is 257 g/mol. The Morgan fingerprint density at radius 2 is 2.37 bits per heavy atom. The van der Waals surface area contributed by atoms with Crippen LogP contribution in [0.5, 0.6) is 0 Å². The lowest BCUT2D eigenvalue weighted by molar-refractivity contribution is -0.105. The molecule has 98 valence electrons. The van der Waals surface area contributed by atoms with E-state index in [1.165, 1.54) is 0 Å². The standard InChI is InChI=1S/C14H15N3O2/c15-13-6-1-2-7-16-14(13)19-9-11-4-3-5-12(8-11)17-10-18/h2-8,10H,1,9,15H2,(H,17,18). The molecule has 0 aromatic heterocycles. The fraction of sp³-hybridized carbons (Fsp3) is 0.143. The minimum Gasteiger partial charge on any atom is -0.471 e. The van der Waals surface area contributed by atoms with Gasteiger partial charge in [-0.3, -0.25) is 4.79 Å². The summed E-state index contributed by atoms with van der Waals surface area (Å²) in [5.41, 5.74) is 8.01. The molecule has 1 amide bonds. The third kappa shape index (κ3) is 3.70. The summed E-state index contributed by atoms with van der Waals surface area (Å²) in [5.74, 6) is 0.419. The van der Waals surface area contributed by atoms with Gasteiger partial charge in [-0.25, -0.2) is 4.99 Å². The first-order chi connectivity index (χ1) is 9.29. The summed E-state index contributed by atoms with van der Waals surface area (Å²) in [6.07, 6.45) is 6.82. The number of ether oxygens (including phenoxy) is 1. The molecule has 3 N–H and O–H groups in total. The number of benzene rings is 1. The number of allylic oxidation sites excluding steroid dienone is 2. The fourth-order valence-corrected chi connectivity index (χ4v) is 1.63. The molecule has 1 aromatic rings. The van der Waals surface area contributed by atoms with Gasteiger partial charge in [-0.05, 0) is 24.1 Å². The molecule has 0 saturated heterocycles. The molecule has 5 heteroatoms. The summed E-state index contributed by atoms with van der Waals surface area (Å²) in [6, 6.07) is 7.39. The first-order valence-electron chi connectivity index (χ1n) is 5.90. The van der Waals surface area contributed by atoms with Crippen LogP contribution >= 0.6 is 0 Å². The third-order valence-electron chi connectivity index (χ3n) is 2.55. The molecule has 2 rings (SSSR count). The molecule has 0 radical (unpaired) electrons. The molecule has 1 aliphatic heterocycles. The van der Waals surface area contributed by atoms with Crippen LogP contribution in [0.15, 0.2) is 53.3 Å². The van der Waals surface area contributed by atoms with Crippen LogP contribution in [-0.4, -0.2) is 12.3 Å². The van der Waals surface area contributed by atoms with Crippen molar-refractivity contribution in [2.75, 3.05) is 5.32 Å². The predicted octanol–water partition coefficient (Wildman–Crippen LogP) is 1.93. The van der Waals surface area contributed by atoms with Gasteiger partial charge in [0.2, 0.25) is 12.3 Å². The van der Waals surface area contributed by atoms with Crippen molar-refractivity contribution < 1.29 is 9.53 Å². The number of hydrogen-bond acceptors (Lipinski definition) is 4. The molecule has 1 heterocycles. The zero-order chi connectivity index (χ0) is 13.5. The lowest BCUT2D eigenvalue weighted by Gasteiger charge is -2.09. The summed E-state index contributed by atoms with van der Waals surface area (Å²) >= 11 is 0. The maximum atomic E-state index is 10.4. The second-order valence-corrected chi connectivity index (χ2v) is 3.97. The number of amides is 1. The number of rotatable bonds is 4. The van der Waals surface area contributed by atoms with E-state index in [4.69, 9.17) is 10.5 Å². The average Bonchev–Trinajstić information content (AvgIpc) is 2.62. The number of hydrogen-bond donors (Lipinski definition) is 2. The number of carbonyl (C=O) groups is 1. The van der Waals surface area contributed by atoms with Crippen LogP contribution in [0.3, 0.4) is 0 Å². The molecule has 0 spiro atoms. The minimum absolute atomic E-state index is 0.343. The number of anilines is 1. The largest absolute Gasteiger partial charge is 0.471 e. The zero-order valence-corrected chi connectivity index (χ0v) is 10.4. The third-order valence-corrected chi connectivity index (χ3v) is 2.55. The molecule has 1 aromatic carbocycles. The Hall–Kier alpha value is -2.56. The Morgan fingerprint density at radius 3 is 3.21 bits per heavy atom. The van der Waals surface area contributed by atoms with Crippen molar-refractivity contribution in [1.82, 2.24) is 0 Å². The number of nitrogens with two attached hydrogens (primary N) is 1. The van der Waals surface area contributed by atoms with Crippen LogP contribution in [0.1, 0.15) is 12.0 Å². The van der Waals surface area contributed by atoms with E-state index in [-0.39, 0.29) is 0 Å². The Labute approximate surface area is 111 Å². The van der Waals surface area contributed by atoms with E-state index in [1.807, 2.05) is 30.4 Å². The molecule has 0 saturated carbocycles. The van der Waals surface area contributed by atoms with E-state index < -0.39 is 0 Å². The molecule has 0 bridgehead atoms. The summed E-state index contributed by atoms with van der Waals surface area (Å²) in [4.78, 5) is 14.5. The number of aliphatic imine (C=N–C) groups is 1. The molecule has 0 aliphatic carbocycles. The van der Waals surface area contributed by atoms with Crippen LogP contribution in [0.2, 0.25) is 0 Å². The Balaban J connectivity index is 2.02. The van der Waals surface area contributed by atoms with E-state index in [0.29, 0.717) is 24.6 Å². The van der Waals surface area contributed by atoms with Crippen LogP contribution < -0.4 is 11.1 Å². The molecule has 19 heavy (non-hydrogen) atoms. The molecular weight excluding hydrogens is 242 g/mol. The quantitative estimate of drug-likeness (QED) is 0.809. The van der Waals surface area contributed by atoms with E-state index in [9.17, 15) is 4.79 Å². The number of nitrogens with one attached hydrogen (secondary N) is 1. The average molecular weight is 257 g/mol. The highest BCUT2D eigenvalue weighted by Crippen LogP contribution is 2.12. The minimum atomic E-state index is 0.343. The topological polar surface area (TPSA) is 76.7 Å². The SMILES string of the molecule is NC1=CCC=CN=C1OCc1cccc(NC=O)c1. The van der Waals surface area contributed by atoms with Gasteiger partial charge in [0, 0.05) is 11.9 Å². The van der Waals surface area contributed by atoms with Gasteiger partial charge in [0.25, 0.3) is 0 Å². The molecule has 0 fully saturated rings. The van der Waals surface area contributed by atoms with Crippen molar-refractivity contribution in [3.8, 4) is 0 Å². The first-order valence-corrected chi connectivity index (χ1v) is 5.90. The number of nitrogens with zero attached hydrogens (tertiary/aromatic N) is 1. The van der Waals surface area contributed by atoms with Gasteiger partial charge in [0.15, 0.2) is 0 Å². The van der Waals surface area contributed by atoms with Gasteiger partial charge in [-0.15, -0.1) is 0 Å². The molecule has 0 atom stereocenters. The van der Waals surface area contributed by atoms with Crippen molar-refractivity contribution >= 4 is 18.0 Å². The lowest BCUT2D eigenvalue weighted by Crippen LogP contribution is -2.14. The van der Waals surface area contributed by atoms with Gasteiger partial charge in [0.1, 0.15) is 6.61 Å². The number of carbonyl (C=O) groups excluding carboxylic acids is 1. The summed E-state index contributed by atoms with van der Waals surface area (Å²) in [7, 11) is 0. The van der Waals surface area contributed by atoms with Gasteiger partial charge < -0.3 is 15.8 Å². The maximum absolute atomic E-state index is 10.4. The lowest BCUT2D eigenvalue weighted by atomic mass is 10.2. The maximum Gasteiger partial charge on any atom is 0.237 e. The fourth-order valence-electron chi connectivity index (χ4n) is 1.63. The highest BCUT2D eigenvalue weighted by molar-refractivity contribution is 5.93. The smallest absolute Gasteiger partial charge is 0.237 e. The van der Waals surface area contributed by atoms with Crippen LogP contribution in [0, 0.1) is 0 Å². The van der Waals surface area contributed by atoms with Crippen molar-refractivity contribution in [1.29, 1.82) is 0 Å². The Morgan fingerprint density at radius 1 is 1.47 bits per heavy atom. The normalized spacial score (nSPS) is 14.1. The molecular formula is C14H15N3O2. The summed E-state index contributed by atoms with van der Waals surface area (Å²) in [6.45, 7) is 0.343. The summed E-state index contributed by atoms with van der Waals surface area (Å²) < 4.78 is 5.58. The van der Waals surface area contributed by atoms with Crippen LogP contribution in [-0.2, 0) is 16.1 Å². The second kappa shape index (κ2) is 6.39. The Bertz CT molecular complexity index is 547. The van der Waals surface area contributed by atoms with Crippen molar-refractivity contribution in [2.24, 2.45) is 10.7 Å².